The lowest BCUT2D eigenvalue weighted by molar-refractivity contribution is -0.105. The molecule has 36 heavy (non-hydrogen) atoms. The van der Waals surface area contributed by atoms with Gasteiger partial charge in [0.1, 0.15) is 12.6 Å². The lowest BCUT2D eigenvalue weighted by Crippen LogP contribution is -2.25. The van der Waals surface area contributed by atoms with Crippen LogP contribution in [0.25, 0.3) is 28.2 Å². The van der Waals surface area contributed by atoms with E-state index in [4.69, 9.17) is 0 Å². The third-order valence-corrected chi connectivity index (χ3v) is 5.84. The zero-order chi connectivity index (χ0) is 25.5. The zero-order valence-corrected chi connectivity index (χ0v) is 20.2. The third kappa shape index (κ3) is 5.33. The maximum atomic E-state index is 12.2. The average Bonchev–Trinajstić information content (AvgIpc) is 3.56. The Labute approximate surface area is 207 Å². The molecule has 0 saturated carbocycles. The molecule has 0 spiro atoms. The van der Waals surface area contributed by atoms with E-state index in [2.05, 4.69) is 24.7 Å². The predicted octanol–water partition coefficient (Wildman–Crippen LogP) is 3.17. The number of aldehydes is 1. The van der Waals surface area contributed by atoms with Crippen molar-refractivity contribution in [3.63, 3.8) is 0 Å². The van der Waals surface area contributed by atoms with Crippen LogP contribution in [0.15, 0.2) is 69.7 Å². The van der Waals surface area contributed by atoms with Crippen LogP contribution in [0.5, 0.6) is 0 Å². The number of nitrogens with one attached hydrogen (secondary N) is 1. The van der Waals surface area contributed by atoms with Crippen LogP contribution in [-0.2, 0) is 11.2 Å². The second-order valence-electron chi connectivity index (χ2n) is 8.32. The van der Waals surface area contributed by atoms with Gasteiger partial charge in [-0.3, -0.25) is 14.3 Å². The summed E-state index contributed by atoms with van der Waals surface area (Å²) in [5.41, 5.74) is 4.95. The number of aromatic amines is 1. The number of nitrogens with zero attached hydrogens (tertiary/aromatic N) is 5. The molecule has 0 atom stereocenters. The molecule has 186 valence electrons. The average molecular weight is 489 g/mol. The van der Waals surface area contributed by atoms with Crippen molar-refractivity contribution >= 4 is 17.9 Å². The highest BCUT2D eigenvalue weighted by molar-refractivity contribution is 5.84. The summed E-state index contributed by atoms with van der Waals surface area (Å²) in [5, 5.41) is 17.5. The molecule has 0 aliphatic carbocycles. The van der Waals surface area contributed by atoms with E-state index in [9.17, 15) is 14.7 Å². The van der Waals surface area contributed by atoms with E-state index in [1.165, 1.54) is 6.33 Å². The van der Waals surface area contributed by atoms with Crippen LogP contribution < -0.4 is 10.7 Å². The second-order valence-corrected chi connectivity index (χ2v) is 8.32. The molecule has 2 aromatic carbocycles. The molecule has 0 radical (unpaired) electrons. The minimum absolute atomic E-state index is 0.0149. The first-order chi connectivity index (χ1) is 17.5. The number of rotatable bonds is 11. The van der Waals surface area contributed by atoms with Gasteiger partial charge in [0.2, 0.25) is 5.95 Å². The summed E-state index contributed by atoms with van der Waals surface area (Å²) in [4.78, 5) is 32.4. The summed E-state index contributed by atoms with van der Waals surface area (Å²) < 4.78 is 6.35. The quantitative estimate of drug-likeness (QED) is 0.243. The Bertz CT molecular complexity index is 1400. The third-order valence-electron chi connectivity index (χ3n) is 5.84. The van der Waals surface area contributed by atoms with Gasteiger partial charge in [-0.2, -0.15) is 10.1 Å². The van der Waals surface area contributed by atoms with Crippen molar-refractivity contribution < 1.29 is 14.4 Å². The normalized spacial score (nSPS) is 11.9. The SMILES string of the molecule is CCC/C(=C(/C=O)Cc1ccc(-c2ccccc2-c2noc(=O)[nH]2)cc1)n1ncnc1N(C)CCO. The molecule has 0 fully saturated rings. The fourth-order valence-corrected chi connectivity index (χ4v) is 4.10. The smallest absolute Gasteiger partial charge is 0.395 e. The minimum atomic E-state index is -0.607. The van der Waals surface area contributed by atoms with Gasteiger partial charge in [0.25, 0.3) is 0 Å². The van der Waals surface area contributed by atoms with E-state index < -0.39 is 5.76 Å². The number of carbonyl (C=O) groups is 1. The summed E-state index contributed by atoms with van der Waals surface area (Å²) in [5.74, 6) is 0.332. The van der Waals surface area contributed by atoms with Crippen LogP contribution in [0.4, 0.5) is 5.95 Å². The fourth-order valence-electron chi connectivity index (χ4n) is 4.10. The van der Waals surface area contributed by atoms with E-state index in [1.54, 1.807) is 9.58 Å². The number of carbonyl (C=O) groups excluding carboxylic acids is 1. The highest BCUT2D eigenvalue weighted by Gasteiger charge is 2.17. The Morgan fingerprint density at radius 3 is 2.56 bits per heavy atom. The number of aromatic nitrogens is 5. The number of hydrogen-bond acceptors (Lipinski definition) is 8. The Morgan fingerprint density at radius 1 is 1.17 bits per heavy atom. The number of likely N-dealkylation sites (N-methyl/N-ethyl adjacent to an activating group) is 1. The zero-order valence-electron chi connectivity index (χ0n) is 20.2. The molecule has 2 aromatic heterocycles. The van der Waals surface area contributed by atoms with Gasteiger partial charge in [-0.1, -0.05) is 67.0 Å². The fraction of sp³-hybridized carbons (Fsp3) is 0.269. The number of aliphatic hydroxyl groups excluding tert-OH is 1. The minimum Gasteiger partial charge on any atom is -0.395 e. The van der Waals surface area contributed by atoms with Crippen LogP contribution in [-0.4, -0.2) is 56.5 Å². The van der Waals surface area contributed by atoms with Gasteiger partial charge in [-0.15, -0.1) is 0 Å². The maximum absolute atomic E-state index is 12.2. The number of H-pyrrole nitrogens is 1. The molecule has 10 heteroatoms. The van der Waals surface area contributed by atoms with E-state index in [0.717, 1.165) is 40.7 Å². The van der Waals surface area contributed by atoms with Crippen molar-refractivity contribution in [2.75, 3.05) is 25.1 Å². The van der Waals surface area contributed by atoms with E-state index >= 15 is 0 Å². The van der Waals surface area contributed by atoms with Gasteiger partial charge in [0.15, 0.2) is 5.82 Å². The maximum Gasteiger partial charge on any atom is 0.439 e. The topological polar surface area (TPSA) is 130 Å². The van der Waals surface area contributed by atoms with Crippen molar-refractivity contribution in [2.45, 2.75) is 26.2 Å². The monoisotopic (exact) mass is 488 g/mol. The number of benzene rings is 2. The molecule has 2 heterocycles. The number of anilines is 1. The molecule has 0 amide bonds. The van der Waals surface area contributed by atoms with Crippen molar-refractivity contribution in [3.05, 3.63) is 76.5 Å². The molecule has 0 aliphatic heterocycles. The number of allylic oxidation sites excluding steroid dienone is 2. The molecule has 0 saturated heterocycles. The largest absolute Gasteiger partial charge is 0.439 e. The standard InChI is InChI=1S/C26H28N6O4/c1-3-6-23(32-25(27-17-28-32)31(2)13-14-33)20(16-34)15-18-9-11-19(12-10-18)21-7-4-5-8-22(21)24-29-26(35)36-30-24/h4-5,7-12,16-17,33H,3,6,13-15H2,1-2H3,(H,29,30,35)/b23-20-. The van der Waals surface area contributed by atoms with Gasteiger partial charge < -0.3 is 10.0 Å². The van der Waals surface area contributed by atoms with Crippen molar-refractivity contribution in [3.8, 4) is 22.5 Å². The number of aliphatic hydroxyl groups is 1. The lowest BCUT2D eigenvalue weighted by Gasteiger charge is -2.20. The molecular weight excluding hydrogens is 460 g/mol. The van der Waals surface area contributed by atoms with Crippen molar-refractivity contribution in [1.29, 1.82) is 0 Å². The predicted molar refractivity (Wildman–Crippen MR) is 136 cm³/mol. The van der Waals surface area contributed by atoms with Gasteiger partial charge in [-0.25, -0.2) is 9.48 Å². The molecule has 2 N–H and O–H groups in total. The van der Waals surface area contributed by atoms with Gasteiger partial charge in [-0.05, 0) is 23.1 Å². The second kappa shape index (κ2) is 11.4. The number of hydrogen-bond donors (Lipinski definition) is 2. The highest BCUT2D eigenvalue weighted by atomic mass is 16.5. The lowest BCUT2D eigenvalue weighted by atomic mass is 9.96. The summed E-state index contributed by atoms with van der Waals surface area (Å²) in [6, 6.07) is 15.5. The van der Waals surface area contributed by atoms with Gasteiger partial charge >= 0.3 is 5.76 Å². The molecule has 4 rings (SSSR count). The molecule has 0 unspecified atom stereocenters. The first-order valence-corrected chi connectivity index (χ1v) is 11.7. The molecule has 0 bridgehead atoms. The summed E-state index contributed by atoms with van der Waals surface area (Å²) >= 11 is 0. The van der Waals surface area contributed by atoms with Gasteiger partial charge in [0, 0.05) is 31.1 Å². The summed E-state index contributed by atoms with van der Waals surface area (Å²) in [6.07, 6.45) is 4.25. The first kappa shape index (κ1) is 24.8. The first-order valence-electron chi connectivity index (χ1n) is 11.7. The Hall–Kier alpha value is -4.31. The molecule has 4 aromatic rings. The summed E-state index contributed by atoms with van der Waals surface area (Å²) in [6.45, 7) is 2.43. The van der Waals surface area contributed by atoms with Crippen LogP contribution in [0.1, 0.15) is 25.3 Å². The molecule has 0 aliphatic rings. The molecular formula is C26H28N6O4. The summed E-state index contributed by atoms with van der Waals surface area (Å²) in [7, 11) is 1.83. The Morgan fingerprint density at radius 2 is 1.92 bits per heavy atom. The Balaban J connectivity index is 1.65. The van der Waals surface area contributed by atoms with Crippen LogP contribution in [0, 0.1) is 0 Å². The van der Waals surface area contributed by atoms with Crippen molar-refractivity contribution in [2.24, 2.45) is 0 Å². The van der Waals surface area contributed by atoms with E-state index in [0.29, 0.717) is 36.7 Å². The van der Waals surface area contributed by atoms with Crippen LogP contribution >= 0.6 is 0 Å². The Kier molecular flexibility index (Phi) is 7.86. The van der Waals surface area contributed by atoms with Crippen molar-refractivity contribution in [1.82, 2.24) is 24.9 Å². The van der Waals surface area contributed by atoms with Crippen LogP contribution in [0.2, 0.25) is 0 Å². The molecule has 10 nitrogen and oxygen atoms in total. The van der Waals surface area contributed by atoms with Crippen LogP contribution in [0.3, 0.4) is 0 Å². The van der Waals surface area contributed by atoms with Gasteiger partial charge in [0.05, 0.1) is 12.3 Å². The van der Waals surface area contributed by atoms with E-state index in [1.807, 2.05) is 62.5 Å². The van der Waals surface area contributed by atoms with E-state index in [-0.39, 0.29) is 6.61 Å². The highest BCUT2D eigenvalue weighted by Crippen LogP contribution is 2.30.